The van der Waals surface area contributed by atoms with Crippen LogP contribution in [0, 0.1) is 13.8 Å². The molecule has 7 nitrogen and oxygen atoms in total. The van der Waals surface area contributed by atoms with Crippen molar-refractivity contribution < 1.29 is 4.79 Å². The minimum Gasteiger partial charge on any atom is -0.335 e. The van der Waals surface area contributed by atoms with Crippen LogP contribution in [0.3, 0.4) is 0 Å². The van der Waals surface area contributed by atoms with Crippen LogP contribution in [-0.4, -0.2) is 87.7 Å². The van der Waals surface area contributed by atoms with Gasteiger partial charge in [0.15, 0.2) is 5.82 Å². The van der Waals surface area contributed by atoms with Gasteiger partial charge in [-0.2, -0.15) is 5.10 Å². The van der Waals surface area contributed by atoms with Crippen molar-refractivity contribution in [3.8, 4) is 5.82 Å². The molecule has 0 aliphatic carbocycles. The van der Waals surface area contributed by atoms with Gasteiger partial charge in [0.05, 0.1) is 10.7 Å². The molecule has 0 atom stereocenters. The van der Waals surface area contributed by atoms with Gasteiger partial charge in [-0.05, 0) is 58.0 Å². The van der Waals surface area contributed by atoms with Crippen molar-refractivity contribution in [3.05, 3.63) is 40.3 Å². The Bertz CT molecular complexity index is 868. The van der Waals surface area contributed by atoms with Crippen molar-refractivity contribution in [2.75, 3.05) is 52.4 Å². The summed E-state index contributed by atoms with van der Waals surface area (Å²) in [5.41, 5.74) is 2.20. The van der Waals surface area contributed by atoms with Crippen LogP contribution in [0.15, 0.2) is 18.2 Å². The molecule has 0 saturated carbocycles. The molecular formula is C21H29ClN6O. The maximum Gasteiger partial charge on any atom is 0.274 e. The first-order valence-corrected chi connectivity index (χ1v) is 10.8. The Morgan fingerprint density at radius 2 is 1.66 bits per heavy atom. The minimum atomic E-state index is -0.0995. The third-order valence-corrected chi connectivity index (χ3v) is 6.16. The highest BCUT2D eigenvalue weighted by Gasteiger charge is 2.25. The molecule has 0 spiro atoms. The summed E-state index contributed by atoms with van der Waals surface area (Å²) in [5.74, 6) is 0.519. The molecule has 2 aromatic rings. The maximum atomic E-state index is 13.1. The Morgan fingerprint density at radius 3 is 2.28 bits per heavy atom. The predicted molar refractivity (Wildman–Crippen MR) is 114 cm³/mol. The van der Waals surface area contributed by atoms with Crippen molar-refractivity contribution >= 4 is 17.5 Å². The summed E-state index contributed by atoms with van der Waals surface area (Å²) in [7, 11) is 0. The van der Waals surface area contributed by atoms with Crippen molar-refractivity contribution in [1.29, 1.82) is 0 Å². The molecule has 2 aromatic heterocycles. The second kappa shape index (κ2) is 8.81. The highest BCUT2D eigenvalue weighted by molar-refractivity contribution is 6.33. The maximum absolute atomic E-state index is 13.1. The Balaban J connectivity index is 1.39. The van der Waals surface area contributed by atoms with E-state index in [0.29, 0.717) is 29.6 Å². The van der Waals surface area contributed by atoms with Crippen LogP contribution in [0.2, 0.25) is 5.02 Å². The third-order valence-electron chi connectivity index (χ3n) is 5.85. The molecule has 2 fully saturated rings. The molecule has 0 N–H and O–H groups in total. The molecule has 156 valence electrons. The predicted octanol–water partition coefficient (Wildman–Crippen LogP) is 2.39. The topological polar surface area (TPSA) is 57.5 Å². The van der Waals surface area contributed by atoms with E-state index in [1.54, 1.807) is 16.8 Å². The highest BCUT2D eigenvalue weighted by Crippen LogP contribution is 2.20. The van der Waals surface area contributed by atoms with E-state index in [1.165, 1.54) is 25.9 Å². The second-order valence-electron chi connectivity index (χ2n) is 8.02. The van der Waals surface area contributed by atoms with Crippen LogP contribution in [0.1, 0.15) is 34.7 Å². The lowest BCUT2D eigenvalue weighted by Crippen LogP contribution is -2.50. The molecule has 2 aliphatic rings. The van der Waals surface area contributed by atoms with Gasteiger partial charge in [-0.3, -0.25) is 9.69 Å². The van der Waals surface area contributed by atoms with Crippen LogP contribution in [0.25, 0.3) is 5.82 Å². The van der Waals surface area contributed by atoms with Crippen LogP contribution in [-0.2, 0) is 0 Å². The molecule has 4 heterocycles. The van der Waals surface area contributed by atoms with Gasteiger partial charge in [-0.25, -0.2) is 9.67 Å². The zero-order valence-electron chi connectivity index (χ0n) is 17.3. The number of amides is 1. The summed E-state index contributed by atoms with van der Waals surface area (Å²) in [6, 6.07) is 5.52. The number of hydrogen-bond donors (Lipinski definition) is 0. The number of pyridine rings is 1. The summed E-state index contributed by atoms with van der Waals surface area (Å²) in [6.45, 7) is 11.8. The number of halogens is 1. The van der Waals surface area contributed by atoms with Crippen molar-refractivity contribution in [2.24, 2.45) is 0 Å². The molecule has 29 heavy (non-hydrogen) atoms. The van der Waals surface area contributed by atoms with Crippen molar-refractivity contribution in [2.45, 2.75) is 26.7 Å². The Hall–Kier alpha value is -1.96. The van der Waals surface area contributed by atoms with Gasteiger partial charge in [0.2, 0.25) is 0 Å². The average Bonchev–Trinajstić information content (AvgIpc) is 3.36. The number of aryl methyl sites for hydroxylation is 2. The van der Waals surface area contributed by atoms with Gasteiger partial charge in [-0.1, -0.05) is 11.6 Å². The van der Waals surface area contributed by atoms with E-state index in [9.17, 15) is 4.79 Å². The largest absolute Gasteiger partial charge is 0.335 e. The fourth-order valence-corrected chi connectivity index (χ4v) is 4.36. The van der Waals surface area contributed by atoms with Gasteiger partial charge in [0.25, 0.3) is 5.91 Å². The number of hydrogen-bond acceptors (Lipinski definition) is 5. The highest BCUT2D eigenvalue weighted by atomic mass is 35.5. The van der Waals surface area contributed by atoms with Crippen molar-refractivity contribution in [3.63, 3.8) is 0 Å². The van der Waals surface area contributed by atoms with Gasteiger partial charge in [0.1, 0.15) is 5.69 Å². The number of piperazine rings is 1. The second-order valence-corrected chi connectivity index (χ2v) is 8.43. The first kappa shape index (κ1) is 20.3. The normalized spacial score (nSPS) is 18.5. The summed E-state index contributed by atoms with van der Waals surface area (Å²) < 4.78 is 1.75. The number of carbonyl (C=O) groups excluding carboxylic acids is 1. The number of carbonyl (C=O) groups is 1. The fourth-order valence-electron chi connectivity index (χ4n) is 4.17. The molecule has 0 aromatic carbocycles. The number of nitrogens with zero attached hydrogens (tertiary/aromatic N) is 6. The minimum absolute atomic E-state index is 0.0995. The van der Waals surface area contributed by atoms with E-state index in [-0.39, 0.29) is 5.91 Å². The van der Waals surface area contributed by atoms with Gasteiger partial charge >= 0.3 is 0 Å². The van der Waals surface area contributed by atoms with Crippen molar-refractivity contribution in [1.82, 2.24) is 29.5 Å². The lowest BCUT2D eigenvalue weighted by atomic mass is 10.2. The molecule has 8 heteroatoms. The standard InChI is InChI=1S/C21H29ClN6O/c1-16-15-17(2)28(24-16)19-6-5-18(22)20(23-19)21(29)27-13-11-26(12-14-27)10-9-25-7-3-4-8-25/h5-6,15H,3-4,7-14H2,1-2H3. The van der Waals surface area contributed by atoms with E-state index in [2.05, 4.69) is 19.9 Å². The Kier molecular flexibility index (Phi) is 6.18. The molecule has 0 bridgehead atoms. The lowest BCUT2D eigenvalue weighted by molar-refractivity contribution is 0.0621. The van der Waals surface area contributed by atoms with E-state index < -0.39 is 0 Å². The summed E-state index contributed by atoms with van der Waals surface area (Å²) >= 11 is 6.34. The SMILES string of the molecule is Cc1cc(C)n(-c2ccc(Cl)c(C(=O)N3CCN(CCN4CCCC4)CC3)n2)n1. The molecule has 4 rings (SSSR count). The molecular weight excluding hydrogens is 388 g/mol. The van der Waals surface area contributed by atoms with E-state index in [0.717, 1.165) is 37.6 Å². The first-order chi connectivity index (χ1) is 14.0. The number of rotatable bonds is 5. The van der Waals surface area contributed by atoms with E-state index in [4.69, 9.17) is 11.6 Å². The fraction of sp³-hybridized carbons (Fsp3) is 0.571. The number of likely N-dealkylation sites (tertiary alicyclic amines) is 1. The zero-order chi connectivity index (χ0) is 20.4. The van der Waals surface area contributed by atoms with E-state index in [1.807, 2.05) is 24.8 Å². The summed E-state index contributed by atoms with van der Waals surface area (Å²) in [6.07, 6.45) is 2.65. The molecule has 1 amide bonds. The van der Waals surface area contributed by atoms with Crippen LogP contribution in [0.5, 0.6) is 0 Å². The molecule has 0 radical (unpaired) electrons. The Morgan fingerprint density at radius 1 is 1.00 bits per heavy atom. The molecule has 2 aliphatic heterocycles. The first-order valence-electron chi connectivity index (χ1n) is 10.5. The quantitative estimate of drug-likeness (QED) is 0.749. The smallest absolute Gasteiger partial charge is 0.274 e. The van der Waals surface area contributed by atoms with Crippen LogP contribution in [0.4, 0.5) is 0 Å². The van der Waals surface area contributed by atoms with Gasteiger partial charge in [0, 0.05) is 45.0 Å². The van der Waals surface area contributed by atoms with Gasteiger partial charge < -0.3 is 9.80 Å². The molecule has 0 unspecified atom stereocenters. The lowest BCUT2D eigenvalue weighted by Gasteiger charge is -2.35. The van der Waals surface area contributed by atoms with Gasteiger partial charge in [-0.15, -0.1) is 0 Å². The van der Waals surface area contributed by atoms with E-state index >= 15 is 0 Å². The zero-order valence-corrected chi connectivity index (χ0v) is 18.0. The molecule has 2 saturated heterocycles. The van der Waals surface area contributed by atoms with Crippen LogP contribution < -0.4 is 0 Å². The average molecular weight is 417 g/mol. The number of aromatic nitrogens is 3. The monoisotopic (exact) mass is 416 g/mol. The third kappa shape index (κ3) is 4.63. The summed E-state index contributed by atoms with van der Waals surface area (Å²) in [5, 5.41) is 4.85. The van der Waals surface area contributed by atoms with Crippen LogP contribution >= 0.6 is 11.6 Å². The Labute approximate surface area is 177 Å². The summed E-state index contributed by atoms with van der Waals surface area (Å²) in [4.78, 5) is 24.5.